The molecule has 0 radical (unpaired) electrons. The molecule has 4 nitrogen and oxygen atoms in total. The highest BCUT2D eigenvalue weighted by Crippen LogP contribution is 2.22. The van der Waals surface area contributed by atoms with Gasteiger partial charge in [-0.1, -0.05) is 29.8 Å². The number of aromatic nitrogens is 2. The van der Waals surface area contributed by atoms with E-state index >= 15 is 0 Å². The highest BCUT2D eigenvalue weighted by Gasteiger charge is 2.18. The summed E-state index contributed by atoms with van der Waals surface area (Å²) in [5, 5.41) is 7.11. The molecular formula is C19H17ClFN3O. The van der Waals surface area contributed by atoms with Crippen LogP contribution in [0.4, 0.5) is 4.39 Å². The van der Waals surface area contributed by atoms with Gasteiger partial charge in [-0.25, -0.2) is 4.39 Å². The Morgan fingerprint density at radius 1 is 1.20 bits per heavy atom. The van der Waals surface area contributed by atoms with Gasteiger partial charge in [-0.3, -0.25) is 9.89 Å². The molecule has 6 heteroatoms. The standard InChI is InChI=1S/C19H17ClFN3O/c1-2-24(12-15-16(20)4-3-5-17(15)21)19(25)14-8-6-13(7-9-14)18-10-11-22-23-18/h3-11H,2,12H2,1H3,(H,22,23). The van der Waals surface area contributed by atoms with Crippen LogP contribution in [0.15, 0.2) is 54.7 Å². The van der Waals surface area contributed by atoms with E-state index in [-0.39, 0.29) is 12.5 Å². The maximum absolute atomic E-state index is 14.0. The fourth-order valence-corrected chi connectivity index (χ4v) is 2.82. The molecule has 3 rings (SSSR count). The van der Waals surface area contributed by atoms with Gasteiger partial charge in [-0.2, -0.15) is 5.10 Å². The van der Waals surface area contributed by atoms with Gasteiger partial charge in [-0.15, -0.1) is 0 Å². The smallest absolute Gasteiger partial charge is 0.254 e. The third-order valence-electron chi connectivity index (χ3n) is 4.02. The van der Waals surface area contributed by atoms with Gasteiger partial charge in [0.1, 0.15) is 5.82 Å². The number of nitrogens with zero attached hydrogens (tertiary/aromatic N) is 2. The first-order valence-corrected chi connectivity index (χ1v) is 8.30. The third kappa shape index (κ3) is 3.72. The zero-order valence-electron chi connectivity index (χ0n) is 13.7. The molecule has 1 heterocycles. The average Bonchev–Trinajstić information content (AvgIpc) is 3.16. The highest BCUT2D eigenvalue weighted by atomic mass is 35.5. The van der Waals surface area contributed by atoms with Crippen molar-refractivity contribution in [3.05, 3.63) is 76.7 Å². The normalized spacial score (nSPS) is 10.7. The minimum absolute atomic E-state index is 0.128. The Balaban J connectivity index is 1.80. The van der Waals surface area contributed by atoms with Crippen molar-refractivity contribution in [2.24, 2.45) is 0 Å². The van der Waals surface area contributed by atoms with Crippen molar-refractivity contribution in [1.82, 2.24) is 15.1 Å². The molecule has 0 aliphatic rings. The van der Waals surface area contributed by atoms with Gasteiger partial charge in [0, 0.05) is 28.9 Å². The van der Waals surface area contributed by atoms with Crippen LogP contribution in [0.3, 0.4) is 0 Å². The fourth-order valence-electron chi connectivity index (χ4n) is 2.59. The van der Waals surface area contributed by atoms with Crippen molar-refractivity contribution in [2.75, 3.05) is 6.54 Å². The number of hydrogen-bond acceptors (Lipinski definition) is 2. The molecular weight excluding hydrogens is 341 g/mol. The predicted octanol–water partition coefficient (Wildman–Crippen LogP) is 4.53. The number of H-pyrrole nitrogens is 1. The van der Waals surface area contributed by atoms with Crippen molar-refractivity contribution in [1.29, 1.82) is 0 Å². The van der Waals surface area contributed by atoms with E-state index in [4.69, 9.17) is 11.6 Å². The van der Waals surface area contributed by atoms with Crippen molar-refractivity contribution < 1.29 is 9.18 Å². The SMILES string of the molecule is CCN(Cc1c(F)cccc1Cl)C(=O)c1ccc(-c2ccn[nH]2)cc1. The molecule has 0 aliphatic heterocycles. The summed E-state index contributed by atoms with van der Waals surface area (Å²) in [6.07, 6.45) is 1.67. The lowest BCUT2D eigenvalue weighted by Crippen LogP contribution is -2.30. The fraction of sp³-hybridized carbons (Fsp3) is 0.158. The summed E-state index contributed by atoms with van der Waals surface area (Å²) in [5.41, 5.74) is 2.68. The van der Waals surface area contributed by atoms with Crippen molar-refractivity contribution >= 4 is 17.5 Å². The van der Waals surface area contributed by atoms with Crippen LogP contribution >= 0.6 is 11.6 Å². The monoisotopic (exact) mass is 357 g/mol. The molecule has 0 bridgehead atoms. The minimum Gasteiger partial charge on any atom is -0.334 e. The first kappa shape index (κ1) is 17.2. The lowest BCUT2D eigenvalue weighted by atomic mass is 10.1. The van der Waals surface area contributed by atoms with Gasteiger partial charge >= 0.3 is 0 Å². The Bertz CT molecular complexity index is 843. The van der Waals surface area contributed by atoms with Crippen LogP contribution in [-0.4, -0.2) is 27.5 Å². The van der Waals surface area contributed by atoms with E-state index in [0.717, 1.165) is 11.3 Å². The van der Waals surface area contributed by atoms with E-state index in [1.807, 2.05) is 25.1 Å². The molecule has 1 N–H and O–H groups in total. The molecule has 0 saturated heterocycles. The summed E-state index contributed by atoms with van der Waals surface area (Å²) in [6.45, 7) is 2.43. The van der Waals surface area contributed by atoms with Gasteiger partial charge < -0.3 is 4.90 Å². The maximum atomic E-state index is 14.0. The number of rotatable bonds is 5. The van der Waals surface area contributed by atoms with Gasteiger partial charge in [0.2, 0.25) is 0 Å². The Labute approximate surface area is 150 Å². The summed E-state index contributed by atoms with van der Waals surface area (Å²) in [5.74, 6) is -0.577. The first-order chi connectivity index (χ1) is 12.1. The molecule has 0 atom stereocenters. The zero-order valence-corrected chi connectivity index (χ0v) is 14.4. The largest absolute Gasteiger partial charge is 0.334 e. The van der Waals surface area contributed by atoms with Crippen LogP contribution < -0.4 is 0 Å². The van der Waals surface area contributed by atoms with Crippen LogP contribution in [-0.2, 0) is 6.54 Å². The van der Waals surface area contributed by atoms with Crippen LogP contribution in [0.2, 0.25) is 5.02 Å². The Morgan fingerprint density at radius 3 is 2.56 bits per heavy atom. The number of nitrogens with one attached hydrogen (secondary N) is 1. The number of benzene rings is 2. The molecule has 3 aromatic rings. The van der Waals surface area contributed by atoms with Crippen LogP contribution in [0, 0.1) is 5.82 Å². The quantitative estimate of drug-likeness (QED) is 0.729. The number of carbonyl (C=O) groups is 1. The molecule has 128 valence electrons. The van der Waals surface area contributed by atoms with Crippen molar-refractivity contribution in [3.8, 4) is 11.3 Å². The summed E-state index contributed by atoms with van der Waals surface area (Å²) in [4.78, 5) is 14.3. The second-order valence-corrected chi connectivity index (χ2v) is 5.97. The molecule has 0 fully saturated rings. The van der Waals surface area contributed by atoms with Crippen LogP contribution in [0.25, 0.3) is 11.3 Å². The number of carbonyl (C=O) groups excluding carboxylic acids is 1. The second kappa shape index (κ2) is 7.49. The number of amides is 1. The predicted molar refractivity (Wildman–Crippen MR) is 95.8 cm³/mol. The molecule has 0 unspecified atom stereocenters. The lowest BCUT2D eigenvalue weighted by molar-refractivity contribution is 0.0751. The van der Waals surface area contributed by atoms with Gasteiger partial charge in [0.25, 0.3) is 5.91 Å². The zero-order chi connectivity index (χ0) is 17.8. The molecule has 1 amide bonds. The van der Waals surface area contributed by atoms with Crippen molar-refractivity contribution in [2.45, 2.75) is 13.5 Å². The summed E-state index contributed by atoms with van der Waals surface area (Å²) < 4.78 is 14.0. The van der Waals surface area contributed by atoms with Gasteiger partial charge in [0.15, 0.2) is 0 Å². The van der Waals surface area contributed by atoms with Crippen LogP contribution in [0.1, 0.15) is 22.8 Å². The first-order valence-electron chi connectivity index (χ1n) is 7.92. The Morgan fingerprint density at radius 2 is 1.96 bits per heavy atom. The summed E-state index contributed by atoms with van der Waals surface area (Å²) in [7, 11) is 0. The van der Waals surface area contributed by atoms with Gasteiger partial charge in [-0.05, 0) is 42.8 Å². The number of halogens is 2. The van der Waals surface area contributed by atoms with E-state index in [1.54, 1.807) is 35.4 Å². The van der Waals surface area contributed by atoms with E-state index in [9.17, 15) is 9.18 Å². The number of hydrogen-bond donors (Lipinski definition) is 1. The van der Waals surface area contributed by atoms with Gasteiger partial charge in [0.05, 0.1) is 12.2 Å². The molecule has 25 heavy (non-hydrogen) atoms. The Kier molecular flexibility index (Phi) is 5.14. The van der Waals surface area contributed by atoms with Crippen molar-refractivity contribution in [3.63, 3.8) is 0 Å². The third-order valence-corrected chi connectivity index (χ3v) is 4.38. The average molecular weight is 358 g/mol. The molecule has 0 aliphatic carbocycles. The topological polar surface area (TPSA) is 49.0 Å². The van der Waals surface area contributed by atoms with E-state index in [0.29, 0.717) is 22.7 Å². The maximum Gasteiger partial charge on any atom is 0.254 e. The summed E-state index contributed by atoms with van der Waals surface area (Å²) >= 11 is 6.07. The number of aromatic amines is 1. The minimum atomic E-state index is -0.409. The van der Waals surface area contributed by atoms with E-state index in [2.05, 4.69) is 10.2 Å². The van der Waals surface area contributed by atoms with Crippen LogP contribution in [0.5, 0.6) is 0 Å². The highest BCUT2D eigenvalue weighted by molar-refractivity contribution is 6.31. The Hall–Kier alpha value is -2.66. The molecule has 1 aromatic heterocycles. The molecule has 0 spiro atoms. The summed E-state index contributed by atoms with van der Waals surface area (Å²) in [6, 6.07) is 13.6. The van der Waals surface area contributed by atoms with E-state index in [1.165, 1.54) is 6.07 Å². The van der Waals surface area contributed by atoms with E-state index < -0.39 is 5.82 Å². The second-order valence-electron chi connectivity index (χ2n) is 5.57. The molecule has 0 saturated carbocycles. The molecule has 2 aromatic carbocycles. The lowest BCUT2D eigenvalue weighted by Gasteiger charge is -2.22.